The van der Waals surface area contributed by atoms with Crippen LogP contribution in [0.4, 0.5) is 8.78 Å². The first-order valence-corrected chi connectivity index (χ1v) is 6.01. The second-order valence-corrected chi connectivity index (χ2v) is 4.19. The minimum atomic E-state index is -0.976. The van der Waals surface area contributed by atoms with Crippen LogP contribution in [0.1, 0.15) is 36.5 Å². The van der Waals surface area contributed by atoms with Gasteiger partial charge in [0.1, 0.15) is 17.7 Å². The summed E-state index contributed by atoms with van der Waals surface area (Å²) in [4.78, 5) is 22.9. The van der Waals surface area contributed by atoms with Crippen LogP contribution >= 0.6 is 0 Å². The molecule has 1 atom stereocenters. The van der Waals surface area contributed by atoms with Crippen LogP contribution in [0.15, 0.2) is 18.2 Å². The molecule has 0 bridgehead atoms. The average molecular weight is 270 g/mol. The number of primary amides is 1. The molecule has 0 fully saturated rings. The molecule has 1 rings (SSSR count). The largest absolute Gasteiger partial charge is 0.368 e. The molecule has 3 N–H and O–H groups in total. The van der Waals surface area contributed by atoms with Crippen molar-refractivity contribution >= 4 is 11.8 Å². The van der Waals surface area contributed by atoms with Gasteiger partial charge >= 0.3 is 0 Å². The molecule has 6 heteroatoms. The molecule has 0 aliphatic carbocycles. The maximum atomic E-state index is 13.4. The minimum Gasteiger partial charge on any atom is -0.368 e. The summed E-state index contributed by atoms with van der Waals surface area (Å²) < 4.78 is 26.1. The van der Waals surface area contributed by atoms with Crippen molar-refractivity contribution in [2.75, 3.05) is 0 Å². The van der Waals surface area contributed by atoms with Gasteiger partial charge in [-0.25, -0.2) is 8.78 Å². The van der Waals surface area contributed by atoms with Gasteiger partial charge < -0.3 is 11.1 Å². The number of unbranched alkanes of at least 4 members (excludes halogenated alkanes) is 1. The van der Waals surface area contributed by atoms with Crippen molar-refractivity contribution in [2.45, 2.75) is 32.2 Å². The monoisotopic (exact) mass is 270 g/mol. The maximum Gasteiger partial charge on any atom is 0.254 e. The third-order valence-electron chi connectivity index (χ3n) is 2.67. The summed E-state index contributed by atoms with van der Waals surface area (Å²) in [5.74, 6) is -3.20. The Morgan fingerprint density at radius 2 is 2.05 bits per heavy atom. The fourth-order valence-electron chi connectivity index (χ4n) is 1.60. The van der Waals surface area contributed by atoms with Gasteiger partial charge in [0.25, 0.3) is 5.91 Å². The van der Waals surface area contributed by atoms with E-state index in [-0.39, 0.29) is 5.56 Å². The Bertz CT molecular complexity index is 478. The van der Waals surface area contributed by atoms with E-state index >= 15 is 0 Å². The normalized spacial score (nSPS) is 11.9. The van der Waals surface area contributed by atoms with Crippen molar-refractivity contribution in [3.63, 3.8) is 0 Å². The third-order valence-corrected chi connectivity index (χ3v) is 2.67. The van der Waals surface area contributed by atoms with Crippen LogP contribution in [0, 0.1) is 11.6 Å². The van der Waals surface area contributed by atoms with Gasteiger partial charge in [0, 0.05) is 6.07 Å². The Morgan fingerprint density at radius 3 is 2.58 bits per heavy atom. The lowest BCUT2D eigenvalue weighted by atomic mass is 10.1. The molecule has 0 aliphatic rings. The summed E-state index contributed by atoms with van der Waals surface area (Å²) >= 11 is 0. The van der Waals surface area contributed by atoms with E-state index in [1.54, 1.807) is 0 Å². The Kier molecular flexibility index (Phi) is 5.41. The summed E-state index contributed by atoms with van der Waals surface area (Å²) in [7, 11) is 0. The zero-order valence-electron chi connectivity index (χ0n) is 10.6. The lowest BCUT2D eigenvalue weighted by Gasteiger charge is -2.15. The number of amides is 2. The van der Waals surface area contributed by atoms with Crippen LogP contribution in [0.5, 0.6) is 0 Å². The number of halogens is 2. The molecular formula is C13H16F2N2O2. The summed E-state index contributed by atoms with van der Waals surface area (Å²) in [5.41, 5.74) is 4.84. The molecule has 0 saturated carbocycles. The van der Waals surface area contributed by atoms with Gasteiger partial charge in [-0.2, -0.15) is 0 Å². The lowest BCUT2D eigenvalue weighted by Crippen LogP contribution is -2.44. The van der Waals surface area contributed by atoms with E-state index in [4.69, 9.17) is 5.73 Å². The van der Waals surface area contributed by atoms with Gasteiger partial charge in [-0.15, -0.1) is 0 Å². The molecule has 19 heavy (non-hydrogen) atoms. The van der Waals surface area contributed by atoms with Crippen molar-refractivity contribution in [1.29, 1.82) is 0 Å². The number of carbonyl (C=O) groups is 2. The maximum absolute atomic E-state index is 13.4. The molecule has 0 radical (unpaired) electrons. The number of hydrogen-bond donors (Lipinski definition) is 2. The standard InChI is InChI=1S/C13H16F2N2O2/c1-2-3-4-11(12(16)18)17-13(19)9-6-5-8(14)7-10(9)15/h5-7,11H,2-4H2,1H3,(H2,16,18)(H,17,19)/t11-/m0/s1. The van der Waals surface area contributed by atoms with E-state index in [0.29, 0.717) is 18.9 Å². The predicted octanol–water partition coefficient (Wildman–Crippen LogP) is 1.74. The molecule has 4 nitrogen and oxygen atoms in total. The van der Waals surface area contributed by atoms with Crippen LogP contribution < -0.4 is 11.1 Å². The van der Waals surface area contributed by atoms with Crippen LogP contribution in [-0.2, 0) is 4.79 Å². The molecule has 1 aromatic rings. The van der Waals surface area contributed by atoms with Gasteiger partial charge in [0.05, 0.1) is 5.56 Å². The quantitative estimate of drug-likeness (QED) is 0.826. The van der Waals surface area contributed by atoms with E-state index < -0.39 is 29.5 Å². The highest BCUT2D eigenvalue weighted by Gasteiger charge is 2.20. The third kappa shape index (κ3) is 4.31. The summed E-state index contributed by atoms with van der Waals surface area (Å²) in [6.45, 7) is 1.93. The van der Waals surface area contributed by atoms with E-state index in [0.717, 1.165) is 18.6 Å². The lowest BCUT2D eigenvalue weighted by molar-refractivity contribution is -0.120. The smallest absolute Gasteiger partial charge is 0.254 e. The second-order valence-electron chi connectivity index (χ2n) is 4.19. The molecule has 0 heterocycles. The summed E-state index contributed by atoms with van der Waals surface area (Å²) in [6.07, 6.45) is 1.94. The zero-order valence-corrected chi connectivity index (χ0v) is 10.6. The molecule has 0 aliphatic heterocycles. The number of carbonyl (C=O) groups excluding carboxylic acids is 2. The number of benzene rings is 1. The van der Waals surface area contributed by atoms with Crippen LogP contribution in [0.2, 0.25) is 0 Å². The first-order chi connectivity index (χ1) is 8.95. The topological polar surface area (TPSA) is 72.2 Å². The van der Waals surface area contributed by atoms with Crippen molar-refractivity contribution < 1.29 is 18.4 Å². The van der Waals surface area contributed by atoms with E-state index in [2.05, 4.69) is 5.32 Å². The molecule has 0 saturated heterocycles. The molecule has 0 aromatic heterocycles. The van der Waals surface area contributed by atoms with E-state index in [1.807, 2.05) is 6.92 Å². The second kappa shape index (κ2) is 6.82. The Balaban J connectivity index is 2.78. The summed E-state index contributed by atoms with van der Waals surface area (Å²) in [5, 5.41) is 2.35. The molecule has 104 valence electrons. The van der Waals surface area contributed by atoms with Gasteiger partial charge in [0.2, 0.25) is 5.91 Å². The van der Waals surface area contributed by atoms with Crippen molar-refractivity contribution in [3.05, 3.63) is 35.4 Å². The molecule has 0 spiro atoms. The molecule has 2 amide bonds. The zero-order chi connectivity index (χ0) is 14.4. The van der Waals surface area contributed by atoms with Crippen LogP contribution in [0.25, 0.3) is 0 Å². The average Bonchev–Trinajstić information content (AvgIpc) is 2.33. The van der Waals surface area contributed by atoms with Gasteiger partial charge in [-0.1, -0.05) is 19.8 Å². The highest BCUT2D eigenvalue weighted by atomic mass is 19.1. The van der Waals surface area contributed by atoms with Gasteiger partial charge in [0.15, 0.2) is 0 Å². The Labute approximate surface area is 110 Å². The number of nitrogens with two attached hydrogens (primary N) is 1. The highest BCUT2D eigenvalue weighted by molar-refractivity contribution is 5.97. The first kappa shape index (κ1) is 15.1. The highest BCUT2D eigenvalue weighted by Crippen LogP contribution is 2.10. The Morgan fingerprint density at radius 1 is 1.37 bits per heavy atom. The molecule has 0 unspecified atom stereocenters. The summed E-state index contributed by atoms with van der Waals surface area (Å²) in [6, 6.07) is 1.76. The molecule has 1 aromatic carbocycles. The number of nitrogens with one attached hydrogen (secondary N) is 1. The van der Waals surface area contributed by atoms with Crippen LogP contribution in [0.3, 0.4) is 0 Å². The van der Waals surface area contributed by atoms with E-state index in [1.165, 1.54) is 0 Å². The van der Waals surface area contributed by atoms with Gasteiger partial charge in [-0.05, 0) is 18.6 Å². The predicted molar refractivity (Wildman–Crippen MR) is 66.3 cm³/mol. The van der Waals surface area contributed by atoms with Crippen LogP contribution in [-0.4, -0.2) is 17.9 Å². The van der Waals surface area contributed by atoms with Crippen molar-refractivity contribution in [1.82, 2.24) is 5.32 Å². The fourth-order valence-corrected chi connectivity index (χ4v) is 1.60. The number of hydrogen-bond acceptors (Lipinski definition) is 2. The fraction of sp³-hybridized carbons (Fsp3) is 0.385. The number of rotatable bonds is 6. The SMILES string of the molecule is CCCC[C@H](NC(=O)c1ccc(F)cc1F)C(N)=O. The molecular weight excluding hydrogens is 254 g/mol. The van der Waals surface area contributed by atoms with Crippen molar-refractivity contribution in [3.8, 4) is 0 Å². The van der Waals surface area contributed by atoms with Gasteiger partial charge in [-0.3, -0.25) is 9.59 Å². The van der Waals surface area contributed by atoms with Crippen molar-refractivity contribution in [2.24, 2.45) is 5.73 Å². The minimum absolute atomic E-state index is 0.316. The Hall–Kier alpha value is -1.98. The van der Waals surface area contributed by atoms with E-state index in [9.17, 15) is 18.4 Å². The first-order valence-electron chi connectivity index (χ1n) is 6.01.